The molecular formula is C13H11N5O. The van der Waals surface area contributed by atoms with Crippen molar-refractivity contribution in [3.05, 3.63) is 48.4 Å². The third-order valence-corrected chi connectivity index (χ3v) is 2.90. The molecule has 0 spiro atoms. The topological polar surface area (TPSA) is 99.3 Å². The smallest absolute Gasteiger partial charge is 0.248 e. The summed E-state index contributed by atoms with van der Waals surface area (Å²) >= 11 is 0. The number of rotatable bonds is 2. The Morgan fingerprint density at radius 2 is 2.11 bits per heavy atom. The van der Waals surface area contributed by atoms with E-state index in [0.29, 0.717) is 17.0 Å². The first-order valence-corrected chi connectivity index (χ1v) is 5.64. The summed E-state index contributed by atoms with van der Waals surface area (Å²) in [7, 11) is 0. The monoisotopic (exact) mass is 253 g/mol. The SMILES string of the molecule is NC(=O)c1cccc(-c2cnc(N)c3nccn23)c1. The summed E-state index contributed by atoms with van der Waals surface area (Å²) in [5, 5.41) is 0. The number of nitrogen functional groups attached to an aromatic ring is 1. The summed E-state index contributed by atoms with van der Waals surface area (Å²) in [5.41, 5.74) is 13.7. The van der Waals surface area contributed by atoms with Crippen LogP contribution in [0, 0.1) is 0 Å². The Morgan fingerprint density at radius 3 is 2.89 bits per heavy atom. The summed E-state index contributed by atoms with van der Waals surface area (Å²) in [6, 6.07) is 7.03. The normalized spacial score (nSPS) is 10.7. The van der Waals surface area contributed by atoms with Crippen LogP contribution in [0.25, 0.3) is 16.9 Å². The van der Waals surface area contributed by atoms with Gasteiger partial charge in [0, 0.05) is 23.5 Å². The zero-order chi connectivity index (χ0) is 13.4. The third kappa shape index (κ3) is 1.79. The van der Waals surface area contributed by atoms with Gasteiger partial charge in [-0.25, -0.2) is 9.97 Å². The molecule has 4 N–H and O–H groups in total. The van der Waals surface area contributed by atoms with E-state index in [2.05, 4.69) is 9.97 Å². The molecule has 0 saturated heterocycles. The van der Waals surface area contributed by atoms with Crippen LogP contribution >= 0.6 is 0 Å². The molecule has 0 unspecified atom stereocenters. The molecule has 1 amide bonds. The molecule has 0 aliphatic rings. The van der Waals surface area contributed by atoms with Gasteiger partial charge in [-0.3, -0.25) is 9.20 Å². The fourth-order valence-corrected chi connectivity index (χ4v) is 1.98. The average molecular weight is 253 g/mol. The van der Waals surface area contributed by atoms with Crippen molar-refractivity contribution in [2.24, 2.45) is 5.73 Å². The third-order valence-electron chi connectivity index (χ3n) is 2.90. The number of carbonyl (C=O) groups is 1. The van der Waals surface area contributed by atoms with E-state index in [9.17, 15) is 4.79 Å². The molecule has 19 heavy (non-hydrogen) atoms. The predicted octanol–water partition coefficient (Wildman–Crippen LogP) is 1.08. The molecule has 6 heteroatoms. The van der Waals surface area contributed by atoms with Crippen LogP contribution < -0.4 is 11.5 Å². The largest absolute Gasteiger partial charge is 0.381 e. The zero-order valence-corrected chi connectivity index (χ0v) is 9.95. The van der Waals surface area contributed by atoms with Gasteiger partial charge in [0.25, 0.3) is 0 Å². The van der Waals surface area contributed by atoms with Gasteiger partial charge in [-0.2, -0.15) is 0 Å². The van der Waals surface area contributed by atoms with Crippen LogP contribution in [0.15, 0.2) is 42.9 Å². The second kappa shape index (κ2) is 4.09. The van der Waals surface area contributed by atoms with Crippen LogP contribution in [0.3, 0.4) is 0 Å². The van der Waals surface area contributed by atoms with Crippen LogP contribution in [0.2, 0.25) is 0 Å². The lowest BCUT2D eigenvalue weighted by Crippen LogP contribution is -2.10. The Kier molecular flexibility index (Phi) is 2.42. The summed E-state index contributed by atoms with van der Waals surface area (Å²) in [4.78, 5) is 19.5. The van der Waals surface area contributed by atoms with E-state index < -0.39 is 5.91 Å². The van der Waals surface area contributed by atoms with Crippen molar-refractivity contribution in [1.82, 2.24) is 14.4 Å². The molecule has 0 fully saturated rings. The minimum atomic E-state index is -0.466. The minimum absolute atomic E-state index is 0.361. The van der Waals surface area contributed by atoms with E-state index in [-0.39, 0.29) is 0 Å². The van der Waals surface area contributed by atoms with Gasteiger partial charge in [-0.05, 0) is 12.1 Å². The van der Waals surface area contributed by atoms with E-state index in [1.807, 2.05) is 10.5 Å². The summed E-state index contributed by atoms with van der Waals surface area (Å²) in [5.74, 6) is -0.105. The molecule has 0 aliphatic heterocycles. The van der Waals surface area contributed by atoms with Crippen LogP contribution in [-0.2, 0) is 0 Å². The lowest BCUT2D eigenvalue weighted by Gasteiger charge is -2.07. The van der Waals surface area contributed by atoms with Crippen LogP contribution in [0.4, 0.5) is 5.82 Å². The zero-order valence-electron chi connectivity index (χ0n) is 9.95. The van der Waals surface area contributed by atoms with Gasteiger partial charge in [-0.15, -0.1) is 0 Å². The van der Waals surface area contributed by atoms with Crippen molar-refractivity contribution in [2.45, 2.75) is 0 Å². The van der Waals surface area contributed by atoms with E-state index in [0.717, 1.165) is 11.3 Å². The number of anilines is 1. The fraction of sp³-hybridized carbons (Fsp3) is 0. The molecule has 0 aliphatic carbocycles. The van der Waals surface area contributed by atoms with E-state index in [1.54, 1.807) is 36.8 Å². The number of imidazole rings is 1. The number of hydrogen-bond acceptors (Lipinski definition) is 4. The number of benzene rings is 1. The molecule has 0 atom stereocenters. The molecule has 6 nitrogen and oxygen atoms in total. The highest BCUT2D eigenvalue weighted by Crippen LogP contribution is 2.22. The van der Waals surface area contributed by atoms with Crippen molar-refractivity contribution < 1.29 is 4.79 Å². The fourth-order valence-electron chi connectivity index (χ4n) is 1.98. The van der Waals surface area contributed by atoms with Gasteiger partial charge in [0.2, 0.25) is 5.91 Å². The average Bonchev–Trinajstić information content (AvgIpc) is 2.89. The highest BCUT2D eigenvalue weighted by molar-refractivity contribution is 5.94. The van der Waals surface area contributed by atoms with Crippen molar-refractivity contribution in [2.75, 3.05) is 5.73 Å². The maximum Gasteiger partial charge on any atom is 0.248 e. The van der Waals surface area contributed by atoms with Gasteiger partial charge >= 0.3 is 0 Å². The van der Waals surface area contributed by atoms with Crippen molar-refractivity contribution in [1.29, 1.82) is 0 Å². The molecule has 0 saturated carbocycles. The Labute approximate surface area is 108 Å². The Balaban J connectivity index is 2.25. The van der Waals surface area contributed by atoms with Crippen LogP contribution in [0.5, 0.6) is 0 Å². The molecular weight excluding hydrogens is 242 g/mol. The number of primary amides is 1. The summed E-state index contributed by atoms with van der Waals surface area (Å²) in [6.45, 7) is 0. The standard InChI is InChI=1S/C13H11N5O/c14-11-13-16-4-5-18(13)10(7-17-11)8-2-1-3-9(6-8)12(15)19/h1-7H,(H2,14,17)(H2,15,19). The van der Waals surface area contributed by atoms with Gasteiger partial charge in [0.05, 0.1) is 11.9 Å². The molecule has 0 bridgehead atoms. The number of aromatic nitrogens is 3. The van der Waals surface area contributed by atoms with Crippen molar-refractivity contribution >= 4 is 17.4 Å². The Bertz CT molecular complexity index is 778. The second-order valence-corrected chi connectivity index (χ2v) is 4.09. The first-order valence-electron chi connectivity index (χ1n) is 5.64. The van der Waals surface area contributed by atoms with Crippen LogP contribution in [-0.4, -0.2) is 20.3 Å². The van der Waals surface area contributed by atoms with E-state index in [4.69, 9.17) is 11.5 Å². The maximum absolute atomic E-state index is 11.2. The first kappa shape index (κ1) is 11.2. The number of carbonyl (C=O) groups excluding carboxylic acids is 1. The number of fused-ring (bicyclic) bond motifs is 1. The number of hydrogen-bond donors (Lipinski definition) is 2. The molecule has 2 aromatic heterocycles. The molecule has 3 rings (SSSR count). The summed E-state index contributed by atoms with van der Waals surface area (Å²) < 4.78 is 1.82. The summed E-state index contributed by atoms with van der Waals surface area (Å²) in [6.07, 6.45) is 5.08. The lowest BCUT2D eigenvalue weighted by molar-refractivity contribution is 0.100. The minimum Gasteiger partial charge on any atom is -0.381 e. The highest BCUT2D eigenvalue weighted by atomic mass is 16.1. The highest BCUT2D eigenvalue weighted by Gasteiger charge is 2.09. The molecule has 2 heterocycles. The van der Waals surface area contributed by atoms with E-state index >= 15 is 0 Å². The molecule has 0 radical (unpaired) electrons. The van der Waals surface area contributed by atoms with Crippen LogP contribution in [0.1, 0.15) is 10.4 Å². The Morgan fingerprint density at radius 1 is 1.26 bits per heavy atom. The maximum atomic E-state index is 11.2. The van der Waals surface area contributed by atoms with Gasteiger partial charge in [0.1, 0.15) is 0 Å². The second-order valence-electron chi connectivity index (χ2n) is 4.09. The van der Waals surface area contributed by atoms with Crippen molar-refractivity contribution in [3.63, 3.8) is 0 Å². The van der Waals surface area contributed by atoms with E-state index in [1.165, 1.54) is 0 Å². The number of amides is 1. The predicted molar refractivity (Wildman–Crippen MR) is 71.4 cm³/mol. The molecule has 3 aromatic rings. The lowest BCUT2D eigenvalue weighted by atomic mass is 10.1. The van der Waals surface area contributed by atoms with Gasteiger partial charge < -0.3 is 11.5 Å². The van der Waals surface area contributed by atoms with Gasteiger partial charge in [-0.1, -0.05) is 12.1 Å². The number of nitrogens with zero attached hydrogens (tertiary/aromatic N) is 3. The van der Waals surface area contributed by atoms with Crippen molar-refractivity contribution in [3.8, 4) is 11.3 Å². The first-order chi connectivity index (χ1) is 9.16. The quantitative estimate of drug-likeness (QED) is 0.713. The van der Waals surface area contributed by atoms with Gasteiger partial charge in [0.15, 0.2) is 11.5 Å². The Hall–Kier alpha value is -2.89. The number of nitrogens with two attached hydrogens (primary N) is 2. The molecule has 94 valence electrons. The molecule has 1 aromatic carbocycles.